The summed E-state index contributed by atoms with van der Waals surface area (Å²) in [5.41, 5.74) is 0. The van der Waals surface area contributed by atoms with Crippen LogP contribution in [0.4, 0.5) is 17.6 Å². The monoisotopic (exact) mass is 493 g/mol. The summed E-state index contributed by atoms with van der Waals surface area (Å²) in [4.78, 5) is 4.00. The van der Waals surface area contributed by atoms with Crippen molar-refractivity contribution in [3.63, 3.8) is 0 Å². The van der Waals surface area contributed by atoms with Crippen molar-refractivity contribution < 1.29 is 27.0 Å². The van der Waals surface area contributed by atoms with Crippen molar-refractivity contribution in [2.45, 2.75) is 25.6 Å². The summed E-state index contributed by atoms with van der Waals surface area (Å²) in [5, 5.41) is 6.00. The molecular weight excluding hydrogens is 469 g/mol. The number of nitrogens with one attached hydrogen (secondary N) is 2. The van der Waals surface area contributed by atoms with Crippen molar-refractivity contribution >= 4 is 29.9 Å². The van der Waals surface area contributed by atoms with Crippen LogP contribution in [-0.4, -0.2) is 51.6 Å². The van der Waals surface area contributed by atoms with Gasteiger partial charge in [0.2, 0.25) is 0 Å². The highest BCUT2D eigenvalue weighted by atomic mass is 127. The van der Waals surface area contributed by atoms with Crippen LogP contribution in [0.5, 0.6) is 5.75 Å². The van der Waals surface area contributed by atoms with E-state index in [2.05, 4.69) is 20.4 Å². The molecule has 0 heterocycles. The summed E-state index contributed by atoms with van der Waals surface area (Å²) in [6.07, 6.45) is -4.08. The Kier molecular flexibility index (Phi) is 12.3. The first-order valence-electron chi connectivity index (χ1n) is 7.81. The number of ether oxygens (including phenoxy) is 2. The Morgan fingerprint density at radius 2 is 1.85 bits per heavy atom. The molecule has 0 saturated carbocycles. The summed E-state index contributed by atoms with van der Waals surface area (Å²) in [7, 11) is 1.58. The Balaban J connectivity index is 0.00000625. The molecule has 1 unspecified atom stereocenters. The van der Waals surface area contributed by atoms with Crippen molar-refractivity contribution in [3.8, 4) is 5.75 Å². The molecule has 1 rings (SSSR count). The minimum absolute atomic E-state index is 0. The molecule has 0 spiro atoms. The predicted octanol–water partition coefficient (Wildman–Crippen LogP) is 3.35. The quantitative estimate of drug-likeness (QED) is 0.182. The van der Waals surface area contributed by atoms with E-state index in [1.807, 2.05) is 6.92 Å². The summed E-state index contributed by atoms with van der Waals surface area (Å²) >= 11 is 0. The van der Waals surface area contributed by atoms with Crippen LogP contribution in [0.3, 0.4) is 0 Å². The maximum atomic E-state index is 12.8. The van der Waals surface area contributed by atoms with Gasteiger partial charge in [-0.3, -0.25) is 4.99 Å². The molecule has 1 atom stereocenters. The molecule has 26 heavy (non-hydrogen) atoms. The van der Waals surface area contributed by atoms with Gasteiger partial charge >= 0.3 is 6.18 Å². The molecule has 0 aliphatic rings. The van der Waals surface area contributed by atoms with E-state index in [0.29, 0.717) is 31.2 Å². The minimum Gasteiger partial charge on any atom is -0.489 e. The largest absolute Gasteiger partial charge is 0.489 e. The molecule has 10 heteroatoms. The molecule has 5 nitrogen and oxygen atoms in total. The summed E-state index contributed by atoms with van der Waals surface area (Å²) in [6, 6.07) is 5.72. The average molecular weight is 493 g/mol. The standard InChI is InChI=1S/C16H23F4N3O2.HI/c1-12(25-14-6-4-13(17)5-7-14)10-23-15(21-2)22-8-3-9-24-11-16(18,19)20;/h4-7,12H,3,8-11H2,1-2H3,(H2,21,22,23);1H. The molecule has 150 valence electrons. The molecule has 0 fully saturated rings. The second kappa shape index (κ2) is 13.0. The average Bonchev–Trinajstić information content (AvgIpc) is 2.54. The summed E-state index contributed by atoms with van der Waals surface area (Å²) < 4.78 is 58.6. The number of aliphatic imine (C=N–C) groups is 1. The minimum atomic E-state index is -4.30. The fourth-order valence-corrected chi connectivity index (χ4v) is 1.82. The highest BCUT2D eigenvalue weighted by Gasteiger charge is 2.27. The van der Waals surface area contributed by atoms with Crippen molar-refractivity contribution in [3.05, 3.63) is 30.1 Å². The molecule has 0 aromatic heterocycles. The van der Waals surface area contributed by atoms with Crippen LogP contribution in [-0.2, 0) is 4.74 Å². The van der Waals surface area contributed by atoms with Crippen molar-refractivity contribution in [1.29, 1.82) is 0 Å². The van der Waals surface area contributed by atoms with Crippen LogP contribution in [0.1, 0.15) is 13.3 Å². The summed E-state index contributed by atoms with van der Waals surface area (Å²) in [5.74, 6) is 0.729. The van der Waals surface area contributed by atoms with Crippen LogP contribution in [0.2, 0.25) is 0 Å². The van der Waals surface area contributed by atoms with E-state index in [1.165, 1.54) is 12.1 Å². The topological polar surface area (TPSA) is 54.9 Å². The first-order chi connectivity index (χ1) is 11.8. The van der Waals surface area contributed by atoms with Crippen LogP contribution >= 0.6 is 24.0 Å². The molecule has 0 radical (unpaired) electrons. The normalized spacial score (nSPS) is 12.9. The lowest BCUT2D eigenvalue weighted by Crippen LogP contribution is -2.42. The van der Waals surface area contributed by atoms with Crippen molar-refractivity contribution in [2.24, 2.45) is 4.99 Å². The van der Waals surface area contributed by atoms with E-state index in [9.17, 15) is 17.6 Å². The van der Waals surface area contributed by atoms with Gasteiger partial charge < -0.3 is 20.1 Å². The number of halogens is 5. The fourth-order valence-electron chi connectivity index (χ4n) is 1.82. The Labute approximate surface area is 167 Å². The number of rotatable bonds is 9. The van der Waals surface area contributed by atoms with Gasteiger partial charge in [0, 0.05) is 20.2 Å². The molecule has 0 aliphatic heterocycles. The van der Waals surface area contributed by atoms with Crippen LogP contribution < -0.4 is 15.4 Å². The van der Waals surface area contributed by atoms with Crippen LogP contribution in [0.25, 0.3) is 0 Å². The highest BCUT2D eigenvalue weighted by Crippen LogP contribution is 2.14. The van der Waals surface area contributed by atoms with Gasteiger partial charge in [0.25, 0.3) is 0 Å². The SMILES string of the molecule is CN=C(NCCCOCC(F)(F)F)NCC(C)Oc1ccc(F)cc1.I. The van der Waals surface area contributed by atoms with Gasteiger partial charge in [0.1, 0.15) is 24.3 Å². The van der Waals surface area contributed by atoms with Gasteiger partial charge in [0.15, 0.2) is 5.96 Å². The highest BCUT2D eigenvalue weighted by molar-refractivity contribution is 14.0. The Morgan fingerprint density at radius 3 is 2.42 bits per heavy atom. The first-order valence-corrected chi connectivity index (χ1v) is 7.81. The van der Waals surface area contributed by atoms with Gasteiger partial charge in [0.05, 0.1) is 6.54 Å². The third-order valence-electron chi connectivity index (χ3n) is 2.96. The number of hydrogen-bond donors (Lipinski definition) is 2. The second-order valence-corrected chi connectivity index (χ2v) is 5.28. The van der Waals surface area contributed by atoms with E-state index in [1.54, 1.807) is 19.2 Å². The fraction of sp³-hybridized carbons (Fsp3) is 0.562. The zero-order valence-corrected chi connectivity index (χ0v) is 16.9. The van der Waals surface area contributed by atoms with Crippen molar-refractivity contribution in [1.82, 2.24) is 10.6 Å². The molecule has 0 bridgehead atoms. The maximum Gasteiger partial charge on any atom is 0.411 e. The van der Waals surface area contributed by atoms with Gasteiger partial charge in [-0.05, 0) is 37.6 Å². The molecule has 0 amide bonds. The molecule has 0 saturated heterocycles. The first kappa shape index (κ1) is 24.7. The Hall–Kier alpha value is -1.30. The van der Waals surface area contributed by atoms with Gasteiger partial charge in [-0.25, -0.2) is 4.39 Å². The number of hydrogen-bond acceptors (Lipinski definition) is 3. The lowest BCUT2D eigenvalue weighted by Gasteiger charge is -2.17. The smallest absolute Gasteiger partial charge is 0.411 e. The maximum absolute atomic E-state index is 12.8. The lowest BCUT2D eigenvalue weighted by molar-refractivity contribution is -0.173. The van der Waals surface area contributed by atoms with Gasteiger partial charge in [-0.1, -0.05) is 0 Å². The van der Waals surface area contributed by atoms with E-state index in [4.69, 9.17) is 4.74 Å². The second-order valence-electron chi connectivity index (χ2n) is 5.28. The van der Waals surface area contributed by atoms with Crippen LogP contribution in [0, 0.1) is 5.82 Å². The van der Waals surface area contributed by atoms with Gasteiger partial charge in [-0.2, -0.15) is 13.2 Å². The molecule has 0 aliphatic carbocycles. The van der Waals surface area contributed by atoms with Crippen LogP contribution in [0.15, 0.2) is 29.3 Å². The zero-order valence-electron chi connectivity index (χ0n) is 14.6. The molecule has 1 aromatic carbocycles. The van der Waals surface area contributed by atoms with E-state index in [-0.39, 0.29) is 42.5 Å². The van der Waals surface area contributed by atoms with Gasteiger partial charge in [-0.15, -0.1) is 24.0 Å². The predicted molar refractivity (Wildman–Crippen MR) is 103 cm³/mol. The van der Waals surface area contributed by atoms with Crippen molar-refractivity contribution in [2.75, 3.05) is 33.4 Å². The zero-order chi connectivity index (χ0) is 18.7. The Morgan fingerprint density at radius 1 is 1.19 bits per heavy atom. The van der Waals surface area contributed by atoms with E-state index < -0.39 is 12.8 Å². The number of alkyl halides is 3. The Bertz CT molecular complexity index is 527. The van der Waals surface area contributed by atoms with E-state index >= 15 is 0 Å². The third kappa shape index (κ3) is 12.1. The lowest BCUT2D eigenvalue weighted by atomic mass is 10.3. The summed E-state index contributed by atoms with van der Waals surface area (Å²) in [6.45, 7) is 1.48. The van der Waals surface area contributed by atoms with E-state index in [0.717, 1.165) is 0 Å². The molecular formula is C16H24F4IN3O2. The number of benzene rings is 1. The number of guanidine groups is 1. The molecule has 1 aromatic rings. The molecule has 2 N–H and O–H groups in total. The number of nitrogens with zero attached hydrogens (tertiary/aromatic N) is 1. The third-order valence-corrected chi connectivity index (χ3v) is 2.96.